The molecule has 0 saturated carbocycles. The van der Waals surface area contributed by atoms with E-state index in [0.29, 0.717) is 5.75 Å². The van der Waals surface area contributed by atoms with E-state index in [9.17, 15) is 13.2 Å². The third-order valence-corrected chi connectivity index (χ3v) is 4.66. The van der Waals surface area contributed by atoms with Crippen molar-refractivity contribution in [3.63, 3.8) is 0 Å². The molecule has 2 aromatic carbocycles. The number of nitrogens with two attached hydrogens (primary N) is 1. The monoisotopic (exact) mass is 362 g/mol. The largest absolute Gasteiger partial charge is 0.481 e. The van der Waals surface area contributed by atoms with E-state index in [4.69, 9.17) is 9.88 Å². The SMILES string of the molecule is CCc1ccc(OC(C)C(=O)NCc2ccc(S(N)(=O)=O)cc2)cc1. The fraction of sp³-hybridized carbons (Fsp3) is 0.278. The molecule has 1 unspecified atom stereocenters. The summed E-state index contributed by atoms with van der Waals surface area (Å²) in [6.45, 7) is 4.01. The van der Waals surface area contributed by atoms with Crippen molar-refractivity contribution in [1.82, 2.24) is 5.32 Å². The van der Waals surface area contributed by atoms with E-state index >= 15 is 0 Å². The molecule has 0 aliphatic carbocycles. The van der Waals surface area contributed by atoms with Crippen molar-refractivity contribution in [3.05, 3.63) is 59.7 Å². The van der Waals surface area contributed by atoms with Gasteiger partial charge < -0.3 is 10.1 Å². The fourth-order valence-electron chi connectivity index (χ4n) is 2.19. The average molecular weight is 362 g/mol. The van der Waals surface area contributed by atoms with Gasteiger partial charge in [0.25, 0.3) is 5.91 Å². The van der Waals surface area contributed by atoms with Gasteiger partial charge in [-0.2, -0.15) is 0 Å². The summed E-state index contributed by atoms with van der Waals surface area (Å²) in [6.07, 6.45) is 0.303. The molecule has 6 nitrogen and oxygen atoms in total. The number of hydrogen-bond acceptors (Lipinski definition) is 4. The molecule has 0 heterocycles. The lowest BCUT2D eigenvalue weighted by Gasteiger charge is -2.15. The molecule has 0 aromatic heterocycles. The first-order valence-electron chi connectivity index (χ1n) is 7.94. The summed E-state index contributed by atoms with van der Waals surface area (Å²) >= 11 is 0. The molecule has 25 heavy (non-hydrogen) atoms. The van der Waals surface area contributed by atoms with E-state index in [1.54, 1.807) is 19.1 Å². The second-order valence-corrected chi connectivity index (χ2v) is 7.23. The number of primary sulfonamides is 1. The standard InChI is InChI=1S/C18H22N2O4S/c1-3-14-4-8-16(9-5-14)24-13(2)18(21)20-12-15-6-10-17(11-7-15)25(19,22)23/h4-11,13H,3,12H2,1-2H3,(H,20,21)(H2,19,22,23). The third kappa shape index (κ3) is 5.58. The maximum Gasteiger partial charge on any atom is 0.261 e. The van der Waals surface area contributed by atoms with Crippen LogP contribution < -0.4 is 15.2 Å². The Morgan fingerprint density at radius 1 is 1.08 bits per heavy atom. The van der Waals surface area contributed by atoms with Gasteiger partial charge in [-0.05, 0) is 48.7 Å². The minimum Gasteiger partial charge on any atom is -0.481 e. The van der Waals surface area contributed by atoms with Crippen LogP contribution in [0.1, 0.15) is 25.0 Å². The van der Waals surface area contributed by atoms with Crippen LogP contribution in [0, 0.1) is 0 Å². The Balaban J connectivity index is 1.88. The van der Waals surface area contributed by atoms with Crippen LogP contribution in [-0.4, -0.2) is 20.4 Å². The van der Waals surface area contributed by atoms with Crippen LogP contribution in [0.2, 0.25) is 0 Å². The molecule has 1 amide bonds. The van der Waals surface area contributed by atoms with Crippen molar-refractivity contribution in [1.29, 1.82) is 0 Å². The first-order valence-corrected chi connectivity index (χ1v) is 9.49. The maximum absolute atomic E-state index is 12.1. The second kappa shape index (κ2) is 8.13. The average Bonchev–Trinajstić information content (AvgIpc) is 2.60. The highest BCUT2D eigenvalue weighted by atomic mass is 32.2. The maximum atomic E-state index is 12.1. The van der Waals surface area contributed by atoms with Crippen LogP contribution in [-0.2, 0) is 27.8 Å². The molecule has 134 valence electrons. The predicted molar refractivity (Wildman–Crippen MR) is 95.6 cm³/mol. The van der Waals surface area contributed by atoms with Crippen molar-refractivity contribution < 1.29 is 17.9 Å². The van der Waals surface area contributed by atoms with Gasteiger partial charge in [0.15, 0.2) is 6.10 Å². The Morgan fingerprint density at radius 2 is 1.64 bits per heavy atom. The summed E-state index contributed by atoms with van der Waals surface area (Å²) < 4.78 is 28.0. The zero-order valence-corrected chi connectivity index (χ0v) is 15.0. The highest BCUT2D eigenvalue weighted by molar-refractivity contribution is 7.89. The predicted octanol–water partition coefficient (Wildman–Crippen LogP) is 1.98. The molecular weight excluding hydrogens is 340 g/mol. The molecule has 0 saturated heterocycles. The van der Waals surface area contributed by atoms with Crippen LogP contribution in [0.5, 0.6) is 5.75 Å². The van der Waals surface area contributed by atoms with E-state index < -0.39 is 16.1 Å². The number of benzene rings is 2. The van der Waals surface area contributed by atoms with Gasteiger partial charge in [-0.1, -0.05) is 31.2 Å². The van der Waals surface area contributed by atoms with Gasteiger partial charge in [-0.3, -0.25) is 4.79 Å². The summed E-state index contributed by atoms with van der Waals surface area (Å²) in [6, 6.07) is 13.6. The van der Waals surface area contributed by atoms with Crippen molar-refractivity contribution in [3.8, 4) is 5.75 Å². The minimum atomic E-state index is -3.71. The molecule has 0 aliphatic heterocycles. The lowest BCUT2D eigenvalue weighted by molar-refractivity contribution is -0.127. The number of rotatable bonds is 7. The lowest BCUT2D eigenvalue weighted by atomic mass is 10.2. The summed E-state index contributed by atoms with van der Waals surface area (Å²) in [7, 11) is -3.71. The van der Waals surface area contributed by atoms with Crippen molar-refractivity contribution in [2.24, 2.45) is 5.14 Å². The highest BCUT2D eigenvalue weighted by Crippen LogP contribution is 2.14. The van der Waals surface area contributed by atoms with E-state index in [1.807, 2.05) is 24.3 Å². The van der Waals surface area contributed by atoms with Crippen LogP contribution in [0.25, 0.3) is 0 Å². The molecule has 2 rings (SSSR count). The van der Waals surface area contributed by atoms with Gasteiger partial charge in [0.05, 0.1) is 4.90 Å². The van der Waals surface area contributed by atoms with Gasteiger partial charge in [0.1, 0.15) is 5.75 Å². The quantitative estimate of drug-likeness (QED) is 0.787. The minimum absolute atomic E-state index is 0.0369. The molecule has 0 aliphatic rings. The normalized spacial score (nSPS) is 12.4. The zero-order valence-electron chi connectivity index (χ0n) is 14.2. The van der Waals surface area contributed by atoms with Gasteiger partial charge >= 0.3 is 0 Å². The Labute approximate surface area is 148 Å². The Kier molecular flexibility index (Phi) is 6.17. The van der Waals surface area contributed by atoms with Gasteiger partial charge in [-0.25, -0.2) is 13.6 Å². The Bertz CT molecular complexity index is 815. The van der Waals surface area contributed by atoms with Crippen LogP contribution in [0.15, 0.2) is 53.4 Å². The summed E-state index contributed by atoms with van der Waals surface area (Å²) in [4.78, 5) is 12.2. The molecule has 0 spiro atoms. The first-order chi connectivity index (χ1) is 11.8. The van der Waals surface area contributed by atoms with Crippen molar-refractivity contribution in [2.75, 3.05) is 0 Å². The molecule has 2 aromatic rings. The third-order valence-electron chi connectivity index (χ3n) is 3.73. The molecular formula is C18H22N2O4S. The molecule has 0 bridgehead atoms. The molecule has 1 atom stereocenters. The first kappa shape index (κ1) is 19.0. The summed E-state index contributed by atoms with van der Waals surface area (Å²) in [5.41, 5.74) is 1.97. The van der Waals surface area contributed by atoms with Crippen LogP contribution in [0.3, 0.4) is 0 Å². The number of amides is 1. The molecule has 3 N–H and O–H groups in total. The van der Waals surface area contributed by atoms with Crippen molar-refractivity contribution >= 4 is 15.9 Å². The number of sulfonamides is 1. The Hall–Kier alpha value is -2.38. The molecule has 0 radical (unpaired) electrons. The zero-order chi connectivity index (χ0) is 18.4. The van der Waals surface area contributed by atoms with E-state index in [-0.39, 0.29) is 17.3 Å². The number of hydrogen-bond donors (Lipinski definition) is 2. The summed E-state index contributed by atoms with van der Waals surface area (Å²) in [5.74, 6) is 0.382. The van der Waals surface area contributed by atoms with E-state index in [0.717, 1.165) is 12.0 Å². The van der Waals surface area contributed by atoms with Crippen LogP contribution >= 0.6 is 0 Å². The van der Waals surface area contributed by atoms with E-state index in [1.165, 1.54) is 17.7 Å². The number of ether oxygens (including phenoxy) is 1. The topological polar surface area (TPSA) is 98.5 Å². The summed E-state index contributed by atoms with van der Waals surface area (Å²) in [5, 5.41) is 7.80. The second-order valence-electron chi connectivity index (χ2n) is 5.66. The molecule has 0 fully saturated rings. The van der Waals surface area contributed by atoms with Crippen LogP contribution in [0.4, 0.5) is 0 Å². The van der Waals surface area contributed by atoms with E-state index in [2.05, 4.69) is 12.2 Å². The van der Waals surface area contributed by atoms with Gasteiger partial charge in [-0.15, -0.1) is 0 Å². The Morgan fingerprint density at radius 3 is 2.16 bits per heavy atom. The lowest BCUT2D eigenvalue weighted by Crippen LogP contribution is -2.35. The van der Waals surface area contributed by atoms with Gasteiger partial charge in [0, 0.05) is 6.54 Å². The highest BCUT2D eigenvalue weighted by Gasteiger charge is 2.14. The number of carbonyl (C=O) groups excluding carboxylic acids is 1. The number of nitrogens with one attached hydrogen (secondary N) is 1. The number of aryl methyl sites for hydroxylation is 1. The molecule has 7 heteroatoms. The van der Waals surface area contributed by atoms with Gasteiger partial charge in [0.2, 0.25) is 10.0 Å². The fourth-order valence-corrected chi connectivity index (χ4v) is 2.71. The number of carbonyl (C=O) groups is 1. The van der Waals surface area contributed by atoms with Crippen molar-refractivity contribution in [2.45, 2.75) is 37.8 Å². The smallest absolute Gasteiger partial charge is 0.261 e.